The van der Waals surface area contributed by atoms with E-state index in [0.29, 0.717) is 6.54 Å². The predicted octanol–water partition coefficient (Wildman–Crippen LogP) is 3.90. The topological polar surface area (TPSA) is 26.0 Å². The molecule has 94 valence electrons. The molecule has 2 N–H and O–H groups in total. The van der Waals surface area contributed by atoms with Crippen LogP contribution in [-0.2, 0) is 5.41 Å². The number of nitrogens with two attached hydrogens (primary N) is 1. The molecule has 0 bridgehead atoms. The normalized spacial score (nSPS) is 11.6. The van der Waals surface area contributed by atoms with E-state index in [1.54, 1.807) is 0 Å². The zero-order valence-electron chi connectivity index (χ0n) is 11.4. The van der Waals surface area contributed by atoms with Crippen LogP contribution in [0.5, 0.6) is 0 Å². The molecule has 0 saturated heterocycles. The van der Waals surface area contributed by atoms with Gasteiger partial charge in [0.15, 0.2) is 0 Å². The molecule has 0 amide bonds. The molecular formula is C17H21N. The monoisotopic (exact) mass is 239 g/mol. The largest absolute Gasteiger partial charge is 0.330 e. The number of benzene rings is 2. The first-order valence-electron chi connectivity index (χ1n) is 6.40. The quantitative estimate of drug-likeness (QED) is 0.863. The smallest absolute Gasteiger partial charge is 0.00190 e. The van der Waals surface area contributed by atoms with Gasteiger partial charge in [0.1, 0.15) is 0 Å². The van der Waals surface area contributed by atoms with Crippen molar-refractivity contribution in [3.05, 3.63) is 59.7 Å². The summed E-state index contributed by atoms with van der Waals surface area (Å²) in [6.07, 6.45) is 0. The molecule has 0 saturated carbocycles. The molecule has 0 aliphatic carbocycles. The van der Waals surface area contributed by atoms with Gasteiger partial charge >= 0.3 is 0 Å². The Balaban J connectivity index is 2.33. The minimum atomic E-state index is 0.0468. The maximum absolute atomic E-state index is 5.81. The van der Waals surface area contributed by atoms with Crippen LogP contribution in [0.4, 0.5) is 0 Å². The van der Waals surface area contributed by atoms with Gasteiger partial charge in [-0.15, -0.1) is 0 Å². The van der Waals surface area contributed by atoms with Crippen molar-refractivity contribution in [2.45, 2.75) is 26.2 Å². The lowest BCUT2D eigenvalue weighted by molar-refractivity contribution is 0.539. The minimum absolute atomic E-state index is 0.0468. The van der Waals surface area contributed by atoms with Crippen molar-refractivity contribution in [1.82, 2.24) is 0 Å². The molecule has 2 rings (SSSR count). The lowest BCUT2D eigenvalue weighted by atomic mass is 9.84. The first kappa shape index (κ1) is 12.8. The van der Waals surface area contributed by atoms with Gasteiger partial charge in [-0.3, -0.25) is 0 Å². The van der Waals surface area contributed by atoms with E-state index in [2.05, 4.69) is 69.3 Å². The molecule has 0 aromatic heterocycles. The Bertz CT molecular complexity index is 524. The van der Waals surface area contributed by atoms with Crippen molar-refractivity contribution < 1.29 is 0 Å². The lowest BCUT2D eigenvalue weighted by Crippen LogP contribution is -2.27. The van der Waals surface area contributed by atoms with Crippen LogP contribution in [0.1, 0.15) is 25.0 Å². The van der Waals surface area contributed by atoms with E-state index in [9.17, 15) is 0 Å². The van der Waals surface area contributed by atoms with Gasteiger partial charge in [0, 0.05) is 12.0 Å². The Labute approximate surface area is 110 Å². The van der Waals surface area contributed by atoms with Crippen LogP contribution >= 0.6 is 0 Å². The van der Waals surface area contributed by atoms with Crippen molar-refractivity contribution in [1.29, 1.82) is 0 Å². The Morgan fingerprint density at radius 1 is 0.944 bits per heavy atom. The third-order valence-corrected chi connectivity index (χ3v) is 3.53. The number of rotatable bonds is 3. The Morgan fingerprint density at radius 3 is 2.17 bits per heavy atom. The van der Waals surface area contributed by atoms with Crippen LogP contribution in [0.2, 0.25) is 0 Å². The van der Waals surface area contributed by atoms with E-state index in [0.717, 1.165) is 0 Å². The molecule has 2 aromatic rings. The summed E-state index contributed by atoms with van der Waals surface area (Å²) in [5.41, 5.74) is 11.0. The minimum Gasteiger partial charge on any atom is -0.330 e. The van der Waals surface area contributed by atoms with Crippen LogP contribution in [0, 0.1) is 6.92 Å². The van der Waals surface area contributed by atoms with Crippen LogP contribution in [0.3, 0.4) is 0 Å². The SMILES string of the molecule is Cc1cccc(-c2ccc(C(C)(C)CN)cc2)c1. The van der Waals surface area contributed by atoms with Crippen LogP contribution in [-0.4, -0.2) is 6.54 Å². The maximum atomic E-state index is 5.81. The van der Waals surface area contributed by atoms with Gasteiger partial charge in [-0.05, 0) is 23.6 Å². The van der Waals surface area contributed by atoms with Crippen LogP contribution in [0.25, 0.3) is 11.1 Å². The fourth-order valence-electron chi connectivity index (χ4n) is 2.06. The summed E-state index contributed by atoms with van der Waals surface area (Å²) < 4.78 is 0. The summed E-state index contributed by atoms with van der Waals surface area (Å²) in [6, 6.07) is 17.3. The highest BCUT2D eigenvalue weighted by Crippen LogP contribution is 2.26. The van der Waals surface area contributed by atoms with Crippen molar-refractivity contribution >= 4 is 0 Å². The molecule has 18 heavy (non-hydrogen) atoms. The van der Waals surface area contributed by atoms with Gasteiger partial charge < -0.3 is 5.73 Å². The van der Waals surface area contributed by atoms with E-state index in [-0.39, 0.29) is 5.41 Å². The van der Waals surface area contributed by atoms with Gasteiger partial charge in [0.25, 0.3) is 0 Å². The molecule has 1 nitrogen and oxygen atoms in total. The van der Waals surface area contributed by atoms with Crippen LogP contribution < -0.4 is 5.73 Å². The predicted molar refractivity (Wildman–Crippen MR) is 78.7 cm³/mol. The summed E-state index contributed by atoms with van der Waals surface area (Å²) in [6.45, 7) is 7.13. The maximum Gasteiger partial charge on any atom is 0.00190 e. The van der Waals surface area contributed by atoms with Crippen LogP contribution in [0.15, 0.2) is 48.5 Å². The lowest BCUT2D eigenvalue weighted by Gasteiger charge is -2.23. The summed E-state index contributed by atoms with van der Waals surface area (Å²) >= 11 is 0. The highest BCUT2D eigenvalue weighted by Gasteiger charge is 2.17. The Kier molecular flexibility index (Phi) is 3.53. The standard InChI is InChI=1S/C17H21N/c1-13-5-4-6-15(11-13)14-7-9-16(10-8-14)17(2,3)12-18/h4-11H,12,18H2,1-3H3. The molecule has 0 aliphatic heterocycles. The van der Waals surface area contributed by atoms with E-state index < -0.39 is 0 Å². The van der Waals surface area contributed by atoms with E-state index in [4.69, 9.17) is 5.73 Å². The van der Waals surface area contributed by atoms with Gasteiger partial charge in [-0.1, -0.05) is 67.9 Å². The molecule has 2 aromatic carbocycles. The van der Waals surface area contributed by atoms with E-state index in [1.165, 1.54) is 22.3 Å². The highest BCUT2D eigenvalue weighted by molar-refractivity contribution is 5.64. The summed E-state index contributed by atoms with van der Waals surface area (Å²) in [4.78, 5) is 0. The number of hydrogen-bond donors (Lipinski definition) is 1. The molecule has 1 heteroatoms. The van der Waals surface area contributed by atoms with Gasteiger partial charge in [0.05, 0.1) is 0 Å². The Hall–Kier alpha value is -1.60. The highest BCUT2D eigenvalue weighted by atomic mass is 14.6. The summed E-state index contributed by atoms with van der Waals surface area (Å²) in [7, 11) is 0. The average Bonchev–Trinajstić information content (AvgIpc) is 2.39. The summed E-state index contributed by atoms with van der Waals surface area (Å²) in [5.74, 6) is 0. The summed E-state index contributed by atoms with van der Waals surface area (Å²) in [5, 5.41) is 0. The molecule has 0 aliphatic rings. The third kappa shape index (κ3) is 2.62. The fourth-order valence-corrected chi connectivity index (χ4v) is 2.06. The zero-order chi connectivity index (χ0) is 13.2. The van der Waals surface area contributed by atoms with Gasteiger partial charge in [-0.25, -0.2) is 0 Å². The second-order valence-corrected chi connectivity index (χ2v) is 5.53. The molecule has 0 radical (unpaired) electrons. The molecule has 0 fully saturated rings. The molecule has 0 spiro atoms. The fraction of sp³-hybridized carbons (Fsp3) is 0.294. The van der Waals surface area contributed by atoms with E-state index in [1.807, 2.05) is 0 Å². The van der Waals surface area contributed by atoms with Crippen molar-refractivity contribution in [3.8, 4) is 11.1 Å². The van der Waals surface area contributed by atoms with E-state index >= 15 is 0 Å². The first-order chi connectivity index (χ1) is 8.53. The van der Waals surface area contributed by atoms with Gasteiger partial charge in [-0.2, -0.15) is 0 Å². The molecule has 0 heterocycles. The third-order valence-electron chi connectivity index (χ3n) is 3.53. The van der Waals surface area contributed by atoms with Gasteiger partial charge in [0.2, 0.25) is 0 Å². The van der Waals surface area contributed by atoms with Crippen molar-refractivity contribution in [2.75, 3.05) is 6.54 Å². The van der Waals surface area contributed by atoms with Crippen molar-refractivity contribution in [2.24, 2.45) is 5.73 Å². The first-order valence-corrected chi connectivity index (χ1v) is 6.40. The molecular weight excluding hydrogens is 218 g/mol. The molecule has 0 unspecified atom stereocenters. The zero-order valence-corrected chi connectivity index (χ0v) is 11.4. The average molecular weight is 239 g/mol. The second kappa shape index (κ2) is 4.95. The molecule has 0 atom stereocenters. The Morgan fingerprint density at radius 2 is 1.61 bits per heavy atom. The second-order valence-electron chi connectivity index (χ2n) is 5.53. The number of aryl methyl sites for hydroxylation is 1. The number of hydrogen-bond acceptors (Lipinski definition) is 1. The van der Waals surface area contributed by atoms with Crippen molar-refractivity contribution in [3.63, 3.8) is 0 Å².